The minimum Gasteiger partial charge on any atom is -0.437 e. The van der Waals surface area contributed by atoms with Crippen molar-refractivity contribution in [3.05, 3.63) is 42.4 Å². The van der Waals surface area contributed by atoms with Crippen LogP contribution in [0.4, 0.5) is 0 Å². The van der Waals surface area contributed by atoms with Gasteiger partial charge in [-0.1, -0.05) is 6.07 Å². The van der Waals surface area contributed by atoms with Crippen molar-refractivity contribution in [3.63, 3.8) is 0 Å². The molecule has 100 valence electrons. The Labute approximate surface area is 116 Å². The Morgan fingerprint density at radius 3 is 2.79 bits per heavy atom. The van der Waals surface area contributed by atoms with Crippen LogP contribution in [0.2, 0.25) is 0 Å². The van der Waals surface area contributed by atoms with Crippen LogP contribution < -0.4 is 4.74 Å². The fraction of sp³-hybridized carbons (Fsp3) is 0.167. The number of sulfone groups is 1. The van der Waals surface area contributed by atoms with Crippen LogP contribution in [0.1, 0.15) is 5.69 Å². The van der Waals surface area contributed by atoms with Crippen LogP contribution >= 0.6 is 11.6 Å². The van der Waals surface area contributed by atoms with Gasteiger partial charge in [-0.15, -0.1) is 11.6 Å². The van der Waals surface area contributed by atoms with Crippen molar-refractivity contribution < 1.29 is 13.2 Å². The van der Waals surface area contributed by atoms with Crippen molar-refractivity contribution >= 4 is 21.4 Å². The zero-order valence-electron chi connectivity index (χ0n) is 10.1. The summed E-state index contributed by atoms with van der Waals surface area (Å²) < 4.78 is 28.3. The van der Waals surface area contributed by atoms with E-state index in [4.69, 9.17) is 16.3 Å². The summed E-state index contributed by atoms with van der Waals surface area (Å²) in [5, 5.41) is 0. The van der Waals surface area contributed by atoms with Gasteiger partial charge in [-0.05, 0) is 18.2 Å². The van der Waals surface area contributed by atoms with Gasteiger partial charge >= 0.3 is 0 Å². The summed E-state index contributed by atoms with van der Waals surface area (Å²) in [6.45, 7) is 0. The maximum atomic E-state index is 11.4. The standard InChI is InChI=1S/C12H11ClN2O3S/c1-19(16,17)11-4-2-3-10(5-11)18-12-8-14-7-9(6-13)15-12/h2-5,7-8H,6H2,1H3. The molecular weight excluding hydrogens is 288 g/mol. The fourth-order valence-electron chi connectivity index (χ4n) is 1.39. The van der Waals surface area contributed by atoms with E-state index in [0.717, 1.165) is 6.26 Å². The van der Waals surface area contributed by atoms with E-state index in [1.807, 2.05) is 0 Å². The van der Waals surface area contributed by atoms with Crippen LogP contribution in [0.25, 0.3) is 0 Å². The normalized spacial score (nSPS) is 11.3. The third kappa shape index (κ3) is 3.65. The summed E-state index contributed by atoms with van der Waals surface area (Å²) >= 11 is 5.65. The van der Waals surface area contributed by atoms with Crippen LogP contribution in [0.3, 0.4) is 0 Å². The lowest BCUT2D eigenvalue weighted by Gasteiger charge is -2.06. The van der Waals surface area contributed by atoms with Gasteiger partial charge in [0.2, 0.25) is 5.88 Å². The molecule has 7 heteroatoms. The highest BCUT2D eigenvalue weighted by atomic mass is 35.5. The third-order valence-corrected chi connectivity index (χ3v) is 3.64. The first-order chi connectivity index (χ1) is 8.99. The molecule has 0 fully saturated rings. The number of alkyl halides is 1. The molecule has 0 aliphatic heterocycles. The van der Waals surface area contributed by atoms with Crippen LogP contribution in [-0.4, -0.2) is 24.6 Å². The number of nitrogens with zero attached hydrogens (tertiary/aromatic N) is 2. The Morgan fingerprint density at radius 2 is 2.11 bits per heavy atom. The second kappa shape index (κ2) is 5.54. The molecule has 0 atom stereocenters. The van der Waals surface area contributed by atoms with Gasteiger partial charge in [0.15, 0.2) is 9.84 Å². The van der Waals surface area contributed by atoms with Crippen LogP contribution in [0.15, 0.2) is 41.6 Å². The van der Waals surface area contributed by atoms with Crippen molar-refractivity contribution in [2.45, 2.75) is 10.8 Å². The highest BCUT2D eigenvalue weighted by molar-refractivity contribution is 7.90. The van der Waals surface area contributed by atoms with Crippen molar-refractivity contribution in [1.82, 2.24) is 9.97 Å². The lowest BCUT2D eigenvalue weighted by molar-refractivity contribution is 0.457. The zero-order chi connectivity index (χ0) is 13.9. The predicted molar refractivity (Wildman–Crippen MR) is 71.2 cm³/mol. The van der Waals surface area contributed by atoms with Crippen molar-refractivity contribution in [2.24, 2.45) is 0 Å². The smallest absolute Gasteiger partial charge is 0.238 e. The molecule has 0 saturated heterocycles. The Morgan fingerprint density at radius 1 is 1.32 bits per heavy atom. The fourth-order valence-corrected chi connectivity index (χ4v) is 2.17. The van der Waals surface area contributed by atoms with Gasteiger partial charge in [-0.3, -0.25) is 4.98 Å². The van der Waals surface area contributed by atoms with Crippen LogP contribution in [0, 0.1) is 0 Å². The molecule has 5 nitrogen and oxygen atoms in total. The minimum atomic E-state index is -3.27. The maximum Gasteiger partial charge on any atom is 0.238 e. The first-order valence-electron chi connectivity index (χ1n) is 5.34. The second-order valence-corrected chi connectivity index (χ2v) is 6.11. The molecule has 0 aliphatic rings. The molecule has 0 unspecified atom stereocenters. The molecule has 0 N–H and O–H groups in total. The van der Waals surface area contributed by atoms with Gasteiger partial charge in [-0.2, -0.15) is 0 Å². The number of aromatic nitrogens is 2. The number of hydrogen-bond acceptors (Lipinski definition) is 5. The van der Waals surface area contributed by atoms with Gasteiger partial charge in [0.05, 0.1) is 22.7 Å². The summed E-state index contributed by atoms with van der Waals surface area (Å²) in [6.07, 6.45) is 4.11. The predicted octanol–water partition coefficient (Wildman–Crippen LogP) is 2.41. The quantitative estimate of drug-likeness (QED) is 0.811. The van der Waals surface area contributed by atoms with Gasteiger partial charge in [0.1, 0.15) is 5.75 Å². The van der Waals surface area contributed by atoms with E-state index >= 15 is 0 Å². The highest BCUT2D eigenvalue weighted by Crippen LogP contribution is 2.22. The summed E-state index contributed by atoms with van der Waals surface area (Å²) in [4.78, 5) is 8.23. The zero-order valence-corrected chi connectivity index (χ0v) is 11.6. The lowest BCUT2D eigenvalue weighted by Crippen LogP contribution is -1.98. The van der Waals surface area contributed by atoms with E-state index in [2.05, 4.69) is 9.97 Å². The Bertz CT molecular complexity index is 689. The molecule has 2 rings (SSSR count). The molecular formula is C12H11ClN2O3S. The van der Waals surface area contributed by atoms with Gasteiger partial charge in [-0.25, -0.2) is 13.4 Å². The highest BCUT2D eigenvalue weighted by Gasteiger charge is 2.09. The molecule has 0 radical (unpaired) electrons. The molecule has 0 amide bonds. The molecule has 0 spiro atoms. The second-order valence-electron chi connectivity index (χ2n) is 3.83. The maximum absolute atomic E-state index is 11.4. The van der Waals surface area contributed by atoms with E-state index in [9.17, 15) is 8.42 Å². The number of rotatable bonds is 4. The van der Waals surface area contributed by atoms with Gasteiger partial charge < -0.3 is 4.74 Å². The Kier molecular flexibility index (Phi) is 4.01. The Hall–Kier alpha value is -1.66. The Balaban J connectivity index is 2.28. The topological polar surface area (TPSA) is 69.2 Å². The third-order valence-electron chi connectivity index (χ3n) is 2.26. The molecule has 0 bridgehead atoms. The summed E-state index contributed by atoms with van der Waals surface area (Å²) in [5.74, 6) is 0.876. The average molecular weight is 299 g/mol. The molecule has 0 saturated carbocycles. The first kappa shape index (κ1) is 13.8. The summed E-state index contributed by atoms with van der Waals surface area (Å²) in [5.41, 5.74) is 0.582. The van der Waals surface area contributed by atoms with Crippen LogP contribution in [-0.2, 0) is 15.7 Å². The van der Waals surface area contributed by atoms with E-state index in [-0.39, 0.29) is 16.7 Å². The van der Waals surface area contributed by atoms with Crippen LogP contribution in [0.5, 0.6) is 11.6 Å². The summed E-state index contributed by atoms with van der Waals surface area (Å²) in [6, 6.07) is 6.18. The first-order valence-corrected chi connectivity index (χ1v) is 7.76. The van der Waals surface area contributed by atoms with E-state index in [1.165, 1.54) is 24.5 Å². The van der Waals surface area contributed by atoms with E-state index in [1.54, 1.807) is 12.1 Å². The number of halogens is 1. The molecule has 0 aliphatic carbocycles. The van der Waals surface area contributed by atoms with Crippen molar-refractivity contribution in [1.29, 1.82) is 0 Å². The van der Waals surface area contributed by atoms with E-state index < -0.39 is 9.84 Å². The molecule has 1 aromatic heterocycles. The number of benzene rings is 1. The monoisotopic (exact) mass is 298 g/mol. The summed E-state index contributed by atoms with van der Waals surface area (Å²) in [7, 11) is -3.27. The largest absolute Gasteiger partial charge is 0.437 e. The number of ether oxygens (including phenoxy) is 1. The lowest BCUT2D eigenvalue weighted by atomic mass is 10.3. The molecule has 1 aromatic carbocycles. The molecule has 2 aromatic rings. The van der Waals surface area contributed by atoms with Gasteiger partial charge in [0.25, 0.3) is 0 Å². The van der Waals surface area contributed by atoms with Gasteiger partial charge in [0, 0.05) is 12.5 Å². The SMILES string of the molecule is CS(=O)(=O)c1cccc(Oc2cncc(CCl)n2)c1. The van der Waals surface area contributed by atoms with E-state index in [0.29, 0.717) is 11.4 Å². The minimum absolute atomic E-state index is 0.187. The van der Waals surface area contributed by atoms with Crippen molar-refractivity contribution in [2.75, 3.05) is 6.26 Å². The molecule has 19 heavy (non-hydrogen) atoms. The average Bonchev–Trinajstić information content (AvgIpc) is 2.38. The number of hydrogen-bond donors (Lipinski definition) is 0. The molecule has 1 heterocycles. The van der Waals surface area contributed by atoms with Crippen molar-refractivity contribution in [3.8, 4) is 11.6 Å².